The highest BCUT2D eigenvalue weighted by Gasteiger charge is 2.50. The smallest absolute Gasteiger partial charge is 0.311 e. The first-order valence-corrected chi connectivity index (χ1v) is 6.62. The van der Waals surface area contributed by atoms with Gasteiger partial charge in [0.15, 0.2) is 0 Å². The molecule has 0 spiro atoms. The summed E-state index contributed by atoms with van der Waals surface area (Å²) in [6.07, 6.45) is 1.27. The Morgan fingerprint density at radius 1 is 1.10 bits per heavy atom. The van der Waals surface area contributed by atoms with Crippen molar-refractivity contribution < 1.29 is 14.7 Å². The molecule has 0 aliphatic heterocycles. The Morgan fingerprint density at radius 2 is 1.80 bits per heavy atom. The number of nitrogens with one attached hydrogen (secondary N) is 1. The summed E-state index contributed by atoms with van der Waals surface area (Å²) < 4.78 is 0. The van der Waals surface area contributed by atoms with E-state index in [0.29, 0.717) is 18.4 Å². The van der Waals surface area contributed by atoms with Gasteiger partial charge in [0.1, 0.15) is 0 Å². The van der Waals surface area contributed by atoms with Gasteiger partial charge in [0.2, 0.25) is 0 Å². The van der Waals surface area contributed by atoms with Crippen LogP contribution in [0.1, 0.15) is 23.2 Å². The molecule has 2 N–H and O–H groups in total. The lowest BCUT2D eigenvalue weighted by molar-refractivity contribution is -0.143. The Morgan fingerprint density at radius 3 is 2.50 bits per heavy atom. The van der Waals surface area contributed by atoms with E-state index in [0.717, 1.165) is 10.8 Å². The first-order valence-electron chi connectivity index (χ1n) is 6.62. The van der Waals surface area contributed by atoms with Gasteiger partial charge < -0.3 is 10.4 Å². The average Bonchev–Trinajstić information content (AvgIpc) is 3.25. The van der Waals surface area contributed by atoms with Crippen molar-refractivity contribution in [3.05, 3.63) is 48.0 Å². The van der Waals surface area contributed by atoms with Crippen LogP contribution < -0.4 is 5.32 Å². The van der Waals surface area contributed by atoms with E-state index in [1.165, 1.54) is 0 Å². The molecule has 1 amide bonds. The first-order chi connectivity index (χ1) is 9.62. The fourth-order valence-corrected chi connectivity index (χ4v) is 2.39. The summed E-state index contributed by atoms with van der Waals surface area (Å²) in [5, 5.41) is 13.7. The van der Waals surface area contributed by atoms with E-state index in [-0.39, 0.29) is 12.5 Å². The molecule has 102 valence electrons. The molecule has 0 heterocycles. The fraction of sp³-hybridized carbons (Fsp3) is 0.250. The molecule has 1 aliphatic rings. The van der Waals surface area contributed by atoms with Gasteiger partial charge in [-0.25, -0.2) is 0 Å². The van der Waals surface area contributed by atoms with Crippen LogP contribution in [0.3, 0.4) is 0 Å². The third-order valence-corrected chi connectivity index (χ3v) is 3.93. The predicted molar refractivity (Wildman–Crippen MR) is 75.6 cm³/mol. The molecule has 1 aliphatic carbocycles. The Bertz CT molecular complexity index is 684. The quantitative estimate of drug-likeness (QED) is 0.895. The standard InChI is InChI=1S/C16H15NO3/c18-14(17-10-16(8-9-16)15(19)20)13-7-3-5-11-4-1-2-6-12(11)13/h1-7H,8-10H2,(H,17,18)(H,19,20). The van der Waals surface area contributed by atoms with E-state index in [4.69, 9.17) is 5.11 Å². The minimum Gasteiger partial charge on any atom is -0.481 e. The number of carboxylic acids is 1. The van der Waals surface area contributed by atoms with Crippen molar-refractivity contribution in [1.82, 2.24) is 5.32 Å². The molecule has 1 fully saturated rings. The van der Waals surface area contributed by atoms with Crippen molar-refractivity contribution in [3.63, 3.8) is 0 Å². The number of rotatable bonds is 4. The number of hydrogen-bond acceptors (Lipinski definition) is 2. The number of aliphatic carboxylic acids is 1. The lowest BCUT2D eigenvalue weighted by atomic mass is 10.0. The zero-order valence-corrected chi connectivity index (χ0v) is 10.9. The predicted octanol–water partition coefficient (Wildman–Crippen LogP) is 2.43. The van der Waals surface area contributed by atoms with Crippen LogP contribution in [0.4, 0.5) is 0 Å². The van der Waals surface area contributed by atoms with Gasteiger partial charge in [0.25, 0.3) is 5.91 Å². The highest BCUT2D eigenvalue weighted by atomic mass is 16.4. The number of carbonyl (C=O) groups excluding carboxylic acids is 1. The van der Waals surface area contributed by atoms with Crippen LogP contribution in [0.15, 0.2) is 42.5 Å². The third-order valence-electron chi connectivity index (χ3n) is 3.93. The average molecular weight is 269 g/mol. The number of amides is 1. The summed E-state index contributed by atoms with van der Waals surface area (Å²) in [5.74, 6) is -1.04. The highest BCUT2D eigenvalue weighted by Crippen LogP contribution is 2.45. The number of fused-ring (bicyclic) bond motifs is 1. The molecule has 0 bridgehead atoms. The summed E-state index contributed by atoms with van der Waals surface area (Å²) in [7, 11) is 0. The van der Waals surface area contributed by atoms with Crippen LogP contribution in [0.2, 0.25) is 0 Å². The summed E-state index contributed by atoms with van der Waals surface area (Å²) in [6.45, 7) is 0.199. The summed E-state index contributed by atoms with van der Waals surface area (Å²) in [6, 6.07) is 13.2. The molecule has 0 unspecified atom stereocenters. The first kappa shape index (κ1) is 12.7. The van der Waals surface area contributed by atoms with Crippen molar-refractivity contribution in [2.75, 3.05) is 6.54 Å². The second kappa shape index (κ2) is 4.63. The Hall–Kier alpha value is -2.36. The van der Waals surface area contributed by atoms with E-state index in [1.54, 1.807) is 6.07 Å². The Balaban J connectivity index is 1.81. The SMILES string of the molecule is O=C(NCC1(C(=O)O)CC1)c1cccc2ccccc12. The van der Waals surface area contributed by atoms with E-state index in [1.807, 2.05) is 36.4 Å². The van der Waals surface area contributed by atoms with Crippen LogP contribution in [0, 0.1) is 5.41 Å². The van der Waals surface area contributed by atoms with Gasteiger partial charge in [-0.15, -0.1) is 0 Å². The van der Waals surface area contributed by atoms with Crippen LogP contribution in [-0.4, -0.2) is 23.5 Å². The van der Waals surface area contributed by atoms with Gasteiger partial charge in [0.05, 0.1) is 5.41 Å². The highest BCUT2D eigenvalue weighted by molar-refractivity contribution is 6.07. The summed E-state index contributed by atoms with van der Waals surface area (Å²) >= 11 is 0. The zero-order valence-electron chi connectivity index (χ0n) is 10.9. The molecule has 2 aromatic rings. The number of carboxylic acid groups (broad SMARTS) is 1. The largest absolute Gasteiger partial charge is 0.481 e. The maximum absolute atomic E-state index is 12.3. The monoisotopic (exact) mass is 269 g/mol. The molecular weight excluding hydrogens is 254 g/mol. The van der Waals surface area contributed by atoms with Crippen molar-refractivity contribution >= 4 is 22.6 Å². The van der Waals surface area contributed by atoms with Crippen molar-refractivity contribution in [2.45, 2.75) is 12.8 Å². The molecule has 1 saturated carbocycles. The van der Waals surface area contributed by atoms with E-state index >= 15 is 0 Å². The molecule has 0 saturated heterocycles. The fourth-order valence-electron chi connectivity index (χ4n) is 2.39. The van der Waals surface area contributed by atoms with Gasteiger partial charge in [-0.2, -0.15) is 0 Å². The second-order valence-corrected chi connectivity index (χ2v) is 5.29. The van der Waals surface area contributed by atoms with E-state index in [2.05, 4.69) is 5.32 Å². The number of carbonyl (C=O) groups is 2. The maximum Gasteiger partial charge on any atom is 0.311 e. The molecule has 0 atom stereocenters. The lowest BCUT2D eigenvalue weighted by Crippen LogP contribution is -2.34. The molecular formula is C16H15NO3. The normalized spacial score (nSPS) is 15.8. The van der Waals surface area contributed by atoms with Crippen molar-refractivity contribution in [3.8, 4) is 0 Å². The summed E-state index contributed by atoms with van der Waals surface area (Å²) in [4.78, 5) is 23.3. The van der Waals surface area contributed by atoms with Gasteiger partial charge in [-0.05, 0) is 29.7 Å². The zero-order chi connectivity index (χ0) is 14.2. The van der Waals surface area contributed by atoms with Gasteiger partial charge >= 0.3 is 5.97 Å². The number of hydrogen-bond donors (Lipinski definition) is 2. The minimum absolute atomic E-state index is 0.199. The van der Waals surface area contributed by atoms with Crippen LogP contribution in [0.25, 0.3) is 10.8 Å². The van der Waals surface area contributed by atoms with Crippen molar-refractivity contribution in [1.29, 1.82) is 0 Å². The molecule has 0 radical (unpaired) electrons. The molecule has 3 rings (SSSR count). The van der Waals surface area contributed by atoms with Crippen LogP contribution in [0.5, 0.6) is 0 Å². The van der Waals surface area contributed by atoms with E-state index < -0.39 is 11.4 Å². The Labute approximate surface area is 116 Å². The second-order valence-electron chi connectivity index (χ2n) is 5.29. The third kappa shape index (κ3) is 2.13. The number of benzene rings is 2. The molecule has 4 heteroatoms. The minimum atomic E-state index is -0.823. The molecule has 2 aromatic carbocycles. The van der Waals surface area contributed by atoms with Gasteiger partial charge in [-0.1, -0.05) is 36.4 Å². The molecule has 4 nitrogen and oxygen atoms in total. The van der Waals surface area contributed by atoms with Gasteiger partial charge in [0, 0.05) is 12.1 Å². The lowest BCUT2D eigenvalue weighted by Gasteiger charge is -2.12. The molecule has 20 heavy (non-hydrogen) atoms. The molecule has 0 aromatic heterocycles. The van der Waals surface area contributed by atoms with Crippen molar-refractivity contribution in [2.24, 2.45) is 5.41 Å². The Kier molecular flexibility index (Phi) is 2.93. The van der Waals surface area contributed by atoms with E-state index in [9.17, 15) is 9.59 Å². The van der Waals surface area contributed by atoms with Crippen LogP contribution in [-0.2, 0) is 4.79 Å². The summed E-state index contributed by atoms with van der Waals surface area (Å²) in [5.41, 5.74) is -0.149. The maximum atomic E-state index is 12.3. The van der Waals surface area contributed by atoms with Crippen LogP contribution >= 0.6 is 0 Å². The van der Waals surface area contributed by atoms with Gasteiger partial charge in [-0.3, -0.25) is 9.59 Å². The topological polar surface area (TPSA) is 66.4 Å².